The number of carbonyl (C=O) groups is 2. The summed E-state index contributed by atoms with van der Waals surface area (Å²) in [6.45, 7) is 1.12. The number of piperidine rings is 1. The van der Waals surface area contributed by atoms with E-state index in [2.05, 4.69) is 4.72 Å². The highest BCUT2D eigenvalue weighted by Crippen LogP contribution is 2.28. The number of hydrogen-bond donors (Lipinski definition) is 1. The Balaban J connectivity index is 1.60. The van der Waals surface area contributed by atoms with Crippen LogP contribution in [0.3, 0.4) is 0 Å². The number of likely N-dealkylation sites (N-methyl/N-ethyl adjacent to an activating group) is 1. The van der Waals surface area contributed by atoms with Gasteiger partial charge in [0.2, 0.25) is 21.8 Å². The molecule has 1 N–H and O–H groups in total. The third-order valence-corrected chi connectivity index (χ3v) is 6.88. The number of amides is 2. The first kappa shape index (κ1) is 18.8. The molecule has 8 heteroatoms. The first-order valence-corrected chi connectivity index (χ1v) is 10.4. The van der Waals surface area contributed by atoms with Gasteiger partial charge in [0.1, 0.15) is 0 Å². The summed E-state index contributed by atoms with van der Waals surface area (Å²) in [4.78, 5) is 28.7. The van der Waals surface area contributed by atoms with Crippen LogP contribution >= 0.6 is 0 Å². The minimum atomic E-state index is -3.44. The lowest BCUT2D eigenvalue weighted by Crippen LogP contribution is -2.45. The molecule has 2 amide bonds. The summed E-state index contributed by atoms with van der Waals surface area (Å²) in [7, 11) is -0.244. The highest BCUT2D eigenvalue weighted by atomic mass is 32.2. The van der Waals surface area contributed by atoms with Gasteiger partial charge in [-0.25, -0.2) is 13.1 Å². The summed E-state index contributed by atoms with van der Waals surface area (Å²) in [5.41, 5.74) is 0.916. The third kappa shape index (κ3) is 3.76. The van der Waals surface area contributed by atoms with Crippen molar-refractivity contribution in [1.82, 2.24) is 14.5 Å². The third-order valence-electron chi connectivity index (χ3n) is 5.45. The van der Waals surface area contributed by atoms with Gasteiger partial charge in [-0.15, -0.1) is 0 Å². The van der Waals surface area contributed by atoms with Crippen LogP contribution in [0, 0.1) is 5.92 Å². The van der Waals surface area contributed by atoms with Crippen LogP contribution in [-0.2, 0) is 26.0 Å². The lowest BCUT2D eigenvalue weighted by Gasteiger charge is -2.32. The largest absolute Gasteiger partial charge is 0.341 e. The van der Waals surface area contributed by atoms with E-state index in [1.54, 1.807) is 29.2 Å². The summed E-state index contributed by atoms with van der Waals surface area (Å²) in [6.07, 6.45) is 2.72. The molecule has 0 aliphatic carbocycles. The second-order valence-electron chi connectivity index (χ2n) is 7.03. The first-order chi connectivity index (χ1) is 12.3. The topological polar surface area (TPSA) is 86.8 Å². The van der Waals surface area contributed by atoms with Gasteiger partial charge in [-0.2, -0.15) is 0 Å². The van der Waals surface area contributed by atoms with Crippen LogP contribution < -0.4 is 4.72 Å². The fraction of sp³-hybridized carbons (Fsp3) is 0.556. The van der Waals surface area contributed by atoms with E-state index in [4.69, 9.17) is 0 Å². The zero-order chi connectivity index (χ0) is 18.9. The fourth-order valence-corrected chi connectivity index (χ4v) is 4.45. The van der Waals surface area contributed by atoms with Gasteiger partial charge in [0.15, 0.2) is 0 Å². The number of fused-ring (bicyclic) bond motifs is 4. The molecule has 26 heavy (non-hydrogen) atoms. The lowest BCUT2D eigenvalue weighted by molar-refractivity contribution is -0.138. The number of nitrogens with one attached hydrogen (secondary N) is 1. The highest BCUT2D eigenvalue weighted by molar-refractivity contribution is 7.89. The minimum absolute atomic E-state index is 0.0527. The van der Waals surface area contributed by atoms with E-state index in [1.807, 2.05) is 11.9 Å². The molecule has 0 radical (unpaired) electrons. The molecule has 3 aliphatic heterocycles. The molecule has 2 bridgehead atoms. The average molecular weight is 379 g/mol. The zero-order valence-corrected chi connectivity index (χ0v) is 16.0. The maximum atomic E-state index is 12.6. The summed E-state index contributed by atoms with van der Waals surface area (Å²) >= 11 is 0. The van der Waals surface area contributed by atoms with Crippen LogP contribution in [-0.4, -0.2) is 63.3 Å². The monoisotopic (exact) mass is 379 g/mol. The highest BCUT2D eigenvalue weighted by Gasteiger charge is 2.39. The van der Waals surface area contributed by atoms with Crippen LogP contribution in [0.4, 0.5) is 0 Å². The Morgan fingerprint density at radius 3 is 2.54 bits per heavy atom. The first-order valence-electron chi connectivity index (χ1n) is 8.89. The Hall–Kier alpha value is -1.93. The van der Waals surface area contributed by atoms with Crippen molar-refractivity contribution in [3.63, 3.8) is 0 Å². The zero-order valence-electron chi connectivity index (χ0n) is 15.1. The van der Waals surface area contributed by atoms with Gasteiger partial charge in [-0.1, -0.05) is 12.1 Å². The van der Waals surface area contributed by atoms with Crippen LogP contribution in [0.2, 0.25) is 0 Å². The molecule has 3 fully saturated rings. The van der Waals surface area contributed by atoms with Crippen molar-refractivity contribution in [2.45, 2.75) is 36.6 Å². The van der Waals surface area contributed by atoms with E-state index in [0.717, 1.165) is 18.4 Å². The standard InChI is InChI=1S/C18H25N3O4S/c1-19-26(24,25)16-8-3-13(4-9-16)5-10-17(22)21-11-14-6-7-15(12-21)20(2)18(14)23/h3-4,8-9,14-15,19H,5-7,10-12H2,1-2H3/t14-,15+/m0/s1. The Labute approximate surface area is 154 Å². The Morgan fingerprint density at radius 2 is 1.88 bits per heavy atom. The predicted octanol–water partition coefficient (Wildman–Crippen LogP) is 0.607. The van der Waals surface area contributed by atoms with E-state index < -0.39 is 10.0 Å². The maximum absolute atomic E-state index is 12.6. The summed E-state index contributed by atoms with van der Waals surface area (Å²) in [5.74, 6) is 0.128. The maximum Gasteiger partial charge on any atom is 0.240 e. The van der Waals surface area contributed by atoms with E-state index in [0.29, 0.717) is 25.9 Å². The van der Waals surface area contributed by atoms with E-state index in [1.165, 1.54) is 7.05 Å². The van der Waals surface area contributed by atoms with Gasteiger partial charge >= 0.3 is 0 Å². The molecule has 1 aromatic rings. The van der Waals surface area contributed by atoms with Crippen molar-refractivity contribution < 1.29 is 18.0 Å². The quantitative estimate of drug-likeness (QED) is 0.812. The molecule has 4 rings (SSSR count). The van der Waals surface area contributed by atoms with E-state index in [-0.39, 0.29) is 28.7 Å². The number of rotatable bonds is 5. The number of nitrogens with zero attached hydrogens (tertiary/aromatic N) is 2. The van der Waals surface area contributed by atoms with Crippen molar-refractivity contribution in [3.8, 4) is 0 Å². The van der Waals surface area contributed by atoms with Crippen LogP contribution in [0.5, 0.6) is 0 Å². The van der Waals surface area contributed by atoms with E-state index >= 15 is 0 Å². The molecule has 3 saturated heterocycles. The van der Waals surface area contributed by atoms with Crippen molar-refractivity contribution in [2.75, 3.05) is 27.2 Å². The Bertz CT molecular complexity index is 791. The molecule has 3 heterocycles. The summed E-state index contributed by atoms with van der Waals surface area (Å²) in [5, 5.41) is 0. The smallest absolute Gasteiger partial charge is 0.240 e. The number of aryl methyl sites for hydroxylation is 1. The molecule has 1 aromatic carbocycles. The molecular weight excluding hydrogens is 354 g/mol. The Morgan fingerprint density at radius 1 is 1.19 bits per heavy atom. The van der Waals surface area contributed by atoms with Gasteiger partial charge < -0.3 is 9.80 Å². The second-order valence-corrected chi connectivity index (χ2v) is 8.91. The van der Waals surface area contributed by atoms with Gasteiger partial charge in [-0.05, 0) is 44.0 Å². The second kappa shape index (κ2) is 7.36. The lowest BCUT2D eigenvalue weighted by atomic mass is 9.95. The molecule has 142 valence electrons. The molecule has 0 saturated carbocycles. The van der Waals surface area contributed by atoms with Crippen LogP contribution in [0.25, 0.3) is 0 Å². The van der Waals surface area contributed by atoms with Crippen molar-refractivity contribution in [2.24, 2.45) is 5.92 Å². The number of benzene rings is 1. The minimum Gasteiger partial charge on any atom is -0.341 e. The fourth-order valence-electron chi connectivity index (χ4n) is 3.72. The normalized spacial score (nSPS) is 23.2. The van der Waals surface area contributed by atoms with Crippen molar-refractivity contribution in [1.29, 1.82) is 0 Å². The number of sulfonamides is 1. The van der Waals surface area contributed by atoms with Gasteiger partial charge in [-0.3, -0.25) is 9.59 Å². The molecule has 0 aromatic heterocycles. The van der Waals surface area contributed by atoms with Crippen molar-refractivity contribution >= 4 is 21.8 Å². The van der Waals surface area contributed by atoms with Gasteiger partial charge in [0, 0.05) is 32.6 Å². The summed E-state index contributed by atoms with van der Waals surface area (Å²) < 4.78 is 25.7. The SMILES string of the molecule is CNS(=O)(=O)c1ccc(CCC(=O)N2C[C@@H]3CC[C@H](C2)N(C)C3=O)cc1. The number of carbonyl (C=O) groups excluding carboxylic acids is 2. The molecule has 0 spiro atoms. The van der Waals surface area contributed by atoms with E-state index in [9.17, 15) is 18.0 Å². The van der Waals surface area contributed by atoms with Gasteiger partial charge in [0.05, 0.1) is 10.8 Å². The molecule has 3 aliphatic rings. The van der Waals surface area contributed by atoms with Crippen LogP contribution in [0.1, 0.15) is 24.8 Å². The Kier molecular flexibility index (Phi) is 5.34. The molecule has 7 nitrogen and oxygen atoms in total. The number of hydrogen-bond acceptors (Lipinski definition) is 4. The average Bonchev–Trinajstić information content (AvgIpc) is 2.93. The molecular formula is C18H25N3O4S. The molecule has 0 unspecified atom stereocenters. The van der Waals surface area contributed by atoms with Crippen LogP contribution in [0.15, 0.2) is 29.2 Å². The van der Waals surface area contributed by atoms with Gasteiger partial charge in [0.25, 0.3) is 0 Å². The molecule has 2 atom stereocenters. The van der Waals surface area contributed by atoms with Crippen molar-refractivity contribution in [3.05, 3.63) is 29.8 Å². The summed E-state index contributed by atoms with van der Waals surface area (Å²) in [6, 6.07) is 6.69. The predicted molar refractivity (Wildman–Crippen MR) is 96.9 cm³/mol.